The number of hydrogen-bond donors (Lipinski definition) is 1. The number of carbonyl (C=O) groups is 1. The van der Waals surface area contributed by atoms with Crippen molar-refractivity contribution in [3.8, 4) is 0 Å². The van der Waals surface area contributed by atoms with Crippen LogP contribution in [0.25, 0.3) is 0 Å². The molecule has 1 aromatic heterocycles. The highest BCUT2D eigenvalue weighted by molar-refractivity contribution is 8.00. The van der Waals surface area contributed by atoms with Crippen molar-refractivity contribution in [2.24, 2.45) is 0 Å². The molecule has 3 rings (SSSR count). The molecule has 2 atom stereocenters. The maximum absolute atomic E-state index is 11.2. The number of aromatic carboxylic acids is 1. The molecular weight excluding hydrogens is 272 g/mol. The number of piperidine rings is 1. The maximum Gasteiger partial charge on any atom is 0.352 e. The Labute approximate surface area is 124 Å². The van der Waals surface area contributed by atoms with Gasteiger partial charge in [0.25, 0.3) is 0 Å². The first kappa shape index (κ1) is 14.0. The predicted molar refractivity (Wildman–Crippen MR) is 81.6 cm³/mol. The monoisotopic (exact) mass is 294 g/mol. The topological polar surface area (TPSA) is 45.5 Å². The third kappa shape index (κ3) is 2.74. The second-order valence-corrected chi connectivity index (χ2v) is 7.38. The molecule has 0 saturated carbocycles. The molecule has 2 unspecified atom stereocenters. The molecule has 5 heteroatoms. The molecule has 3 heterocycles. The second-order valence-electron chi connectivity index (χ2n) is 5.91. The van der Waals surface area contributed by atoms with Crippen molar-refractivity contribution in [1.82, 2.24) is 9.47 Å². The van der Waals surface area contributed by atoms with Crippen LogP contribution >= 0.6 is 11.8 Å². The zero-order valence-electron chi connectivity index (χ0n) is 11.9. The zero-order valence-corrected chi connectivity index (χ0v) is 12.7. The third-order valence-electron chi connectivity index (χ3n) is 4.58. The molecule has 2 aliphatic rings. The molecule has 0 aliphatic carbocycles. The zero-order chi connectivity index (χ0) is 14.1. The number of carboxylic acids is 1. The maximum atomic E-state index is 11.2. The average Bonchev–Trinajstić information content (AvgIpc) is 3.07. The van der Waals surface area contributed by atoms with E-state index in [0.717, 1.165) is 37.2 Å². The first-order chi connectivity index (χ1) is 9.65. The summed E-state index contributed by atoms with van der Waals surface area (Å²) < 4.78 is 1.95. The van der Waals surface area contributed by atoms with Crippen LogP contribution in [0.5, 0.6) is 0 Å². The summed E-state index contributed by atoms with van der Waals surface area (Å²) in [5.41, 5.74) is 0.425. The van der Waals surface area contributed by atoms with Gasteiger partial charge in [0.1, 0.15) is 5.69 Å². The van der Waals surface area contributed by atoms with E-state index in [2.05, 4.69) is 23.6 Å². The Morgan fingerprint density at radius 1 is 1.35 bits per heavy atom. The summed E-state index contributed by atoms with van der Waals surface area (Å²) >= 11 is 2.08. The molecule has 0 spiro atoms. The Kier molecular flexibility index (Phi) is 4.08. The largest absolute Gasteiger partial charge is 0.477 e. The quantitative estimate of drug-likeness (QED) is 0.931. The third-order valence-corrected chi connectivity index (χ3v) is 5.92. The minimum absolute atomic E-state index is 0.346. The van der Waals surface area contributed by atoms with E-state index in [1.54, 1.807) is 6.07 Å². The van der Waals surface area contributed by atoms with E-state index in [9.17, 15) is 9.90 Å². The summed E-state index contributed by atoms with van der Waals surface area (Å²) in [5.74, 6) is 0.439. The van der Waals surface area contributed by atoms with E-state index in [1.165, 1.54) is 12.2 Å². The minimum atomic E-state index is -0.821. The summed E-state index contributed by atoms with van der Waals surface area (Å²) in [6, 6.07) is 4.62. The lowest BCUT2D eigenvalue weighted by Crippen LogP contribution is -2.42. The van der Waals surface area contributed by atoms with Gasteiger partial charge in [-0.15, -0.1) is 0 Å². The first-order valence-corrected chi connectivity index (χ1v) is 8.46. The number of carboxylic acid groups (broad SMARTS) is 1. The standard InChI is InChI=1S/C15H22N2O2S/c1-11-9-13(10-20-11)16-7-4-12(5-8-16)17-6-2-3-14(17)15(18)19/h2-3,6,11-13H,4-5,7-10H2,1H3,(H,18,19). The summed E-state index contributed by atoms with van der Waals surface area (Å²) in [5, 5.41) is 10.00. The Morgan fingerprint density at radius 3 is 2.70 bits per heavy atom. The van der Waals surface area contributed by atoms with Gasteiger partial charge in [-0.1, -0.05) is 6.92 Å². The number of rotatable bonds is 3. The van der Waals surface area contributed by atoms with E-state index >= 15 is 0 Å². The molecule has 1 aromatic rings. The molecule has 0 aromatic carbocycles. The van der Waals surface area contributed by atoms with Crippen molar-refractivity contribution >= 4 is 17.7 Å². The lowest BCUT2D eigenvalue weighted by Gasteiger charge is -2.36. The van der Waals surface area contributed by atoms with Crippen LogP contribution in [-0.2, 0) is 0 Å². The van der Waals surface area contributed by atoms with E-state index in [-0.39, 0.29) is 0 Å². The minimum Gasteiger partial charge on any atom is -0.477 e. The van der Waals surface area contributed by atoms with Gasteiger partial charge in [0.2, 0.25) is 0 Å². The van der Waals surface area contributed by atoms with Crippen molar-refractivity contribution in [3.05, 3.63) is 24.0 Å². The van der Waals surface area contributed by atoms with Gasteiger partial charge < -0.3 is 9.67 Å². The normalized spacial score (nSPS) is 28.9. The number of hydrogen-bond acceptors (Lipinski definition) is 3. The fourth-order valence-electron chi connectivity index (χ4n) is 3.47. The first-order valence-electron chi connectivity index (χ1n) is 7.41. The molecule has 0 bridgehead atoms. The molecule has 0 radical (unpaired) electrons. The van der Waals surface area contributed by atoms with E-state index < -0.39 is 5.97 Å². The summed E-state index contributed by atoms with van der Waals surface area (Å²) in [4.78, 5) is 13.8. The number of aromatic nitrogens is 1. The van der Waals surface area contributed by atoms with Crippen LogP contribution in [0.2, 0.25) is 0 Å². The molecule has 2 saturated heterocycles. The Hall–Kier alpha value is -0.940. The second kappa shape index (κ2) is 5.82. The van der Waals surface area contributed by atoms with Gasteiger partial charge in [-0.3, -0.25) is 4.90 Å². The smallest absolute Gasteiger partial charge is 0.352 e. The Bertz CT molecular complexity index is 480. The van der Waals surface area contributed by atoms with Crippen molar-refractivity contribution in [2.75, 3.05) is 18.8 Å². The lowest BCUT2D eigenvalue weighted by atomic mass is 10.0. The van der Waals surface area contributed by atoms with Crippen molar-refractivity contribution in [2.45, 2.75) is 43.5 Å². The van der Waals surface area contributed by atoms with Crippen molar-refractivity contribution in [3.63, 3.8) is 0 Å². The number of likely N-dealkylation sites (tertiary alicyclic amines) is 1. The van der Waals surface area contributed by atoms with Crippen LogP contribution in [0, 0.1) is 0 Å². The molecule has 4 nitrogen and oxygen atoms in total. The van der Waals surface area contributed by atoms with Gasteiger partial charge in [-0.25, -0.2) is 4.79 Å². The Morgan fingerprint density at radius 2 is 2.10 bits per heavy atom. The van der Waals surface area contributed by atoms with Crippen molar-refractivity contribution < 1.29 is 9.90 Å². The van der Waals surface area contributed by atoms with Crippen LogP contribution < -0.4 is 0 Å². The molecule has 20 heavy (non-hydrogen) atoms. The van der Waals surface area contributed by atoms with Gasteiger partial charge >= 0.3 is 5.97 Å². The van der Waals surface area contributed by atoms with E-state index in [0.29, 0.717) is 11.7 Å². The lowest BCUT2D eigenvalue weighted by molar-refractivity contribution is 0.0676. The average molecular weight is 294 g/mol. The van der Waals surface area contributed by atoms with E-state index in [1.807, 2.05) is 16.8 Å². The number of nitrogens with zero attached hydrogens (tertiary/aromatic N) is 2. The molecule has 0 amide bonds. The van der Waals surface area contributed by atoms with Crippen LogP contribution in [0.1, 0.15) is 42.7 Å². The van der Waals surface area contributed by atoms with Gasteiger partial charge in [-0.05, 0) is 31.4 Å². The molecular formula is C15H22N2O2S. The highest BCUT2D eigenvalue weighted by Gasteiger charge is 2.31. The SMILES string of the molecule is CC1CC(N2CCC(n3cccc3C(=O)O)CC2)CS1. The highest BCUT2D eigenvalue weighted by atomic mass is 32.2. The van der Waals surface area contributed by atoms with Crippen molar-refractivity contribution in [1.29, 1.82) is 0 Å². The summed E-state index contributed by atoms with van der Waals surface area (Å²) in [6.07, 6.45) is 5.34. The molecule has 2 aliphatic heterocycles. The van der Waals surface area contributed by atoms with Gasteiger partial charge in [0.05, 0.1) is 0 Å². The van der Waals surface area contributed by atoms with Gasteiger partial charge in [-0.2, -0.15) is 11.8 Å². The van der Waals surface area contributed by atoms with Crippen LogP contribution in [0.4, 0.5) is 0 Å². The molecule has 110 valence electrons. The highest BCUT2D eigenvalue weighted by Crippen LogP contribution is 2.33. The predicted octanol–water partition coefficient (Wildman–Crippen LogP) is 2.72. The summed E-state index contributed by atoms with van der Waals surface area (Å²) in [7, 11) is 0. The fourth-order valence-corrected chi connectivity index (χ4v) is 4.73. The molecule has 1 N–H and O–H groups in total. The number of thioether (sulfide) groups is 1. The van der Waals surface area contributed by atoms with Gasteiger partial charge in [0, 0.05) is 42.4 Å². The van der Waals surface area contributed by atoms with Gasteiger partial charge in [0.15, 0.2) is 0 Å². The Balaban J connectivity index is 1.61. The fraction of sp³-hybridized carbons (Fsp3) is 0.667. The van der Waals surface area contributed by atoms with Crippen LogP contribution in [0.3, 0.4) is 0 Å². The van der Waals surface area contributed by atoms with E-state index in [4.69, 9.17) is 0 Å². The van der Waals surface area contributed by atoms with Crippen LogP contribution in [-0.4, -0.2) is 50.7 Å². The molecule has 2 fully saturated rings. The van der Waals surface area contributed by atoms with Crippen LogP contribution in [0.15, 0.2) is 18.3 Å². The summed E-state index contributed by atoms with van der Waals surface area (Å²) in [6.45, 7) is 4.51.